The predicted octanol–water partition coefficient (Wildman–Crippen LogP) is 1.63. The molecule has 0 aromatic carbocycles. The van der Waals surface area contributed by atoms with Gasteiger partial charge < -0.3 is 10.2 Å². The summed E-state index contributed by atoms with van der Waals surface area (Å²) >= 11 is 1.67. The highest BCUT2D eigenvalue weighted by atomic mass is 32.2. The second-order valence-electron chi connectivity index (χ2n) is 4.92. The summed E-state index contributed by atoms with van der Waals surface area (Å²) in [6.45, 7) is 4.36. The Kier molecular flexibility index (Phi) is 5.41. The van der Waals surface area contributed by atoms with E-state index in [9.17, 15) is 0 Å². The highest BCUT2D eigenvalue weighted by molar-refractivity contribution is 7.98. The lowest BCUT2D eigenvalue weighted by atomic mass is 9.99. The van der Waals surface area contributed by atoms with Crippen LogP contribution in [0.25, 0.3) is 0 Å². The molecule has 0 saturated carbocycles. The van der Waals surface area contributed by atoms with E-state index in [4.69, 9.17) is 0 Å². The minimum absolute atomic E-state index is 0.776. The monoisotopic (exact) mass is 266 g/mol. The van der Waals surface area contributed by atoms with Gasteiger partial charge in [-0.05, 0) is 45.2 Å². The molecule has 1 aromatic rings. The predicted molar refractivity (Wildman–Crippen MR) is 75.7 cm³/mol. The summed E-state index contributed by atoms with van der Waals surface area (Å²) in [6, 6.07) is 0. The summed E-state index contributed by atoms with van der Waals surface area (Å²) in [6.07, 6.45) is 8.25. The van der Waals surface area contributed by atoms with Crippen molar-refractivity contribution in [1.29, 1.82) is 0 Å². The van der Waals surface area contributed by atoms with Gasteiger partial charge in [0.15, 0.2) is 0 Å². The third-order valence-corrected chi connectivity index (χ3v) is 4.05. The Morgan fingerprint density at radius 1 is 1.44 bits per heavy atom. The van der Waals surface area contributed by atoms with Crippen LogP contribution in [-0.2, 0) is 6.54 Å². The number of piperidine rings is 1. The zero-order valence-electron chi connectivity index (χ0n) is 11.2. The van der Waals surface area contributed by atoms with E-state index in [1.807, 2.05) is 0 Å². The van der Waals surface area contributed by atoms with Crippen LogP contribution in [0.15, 0.2) is 17.4 Å². The first-order valence-electron chi connectivity index (χ1n) is 6.52. The molecule has 18 heavy (non-hydrogen) atoms. The molecule has 2 heterocycles. The van der Waals surface area contributed by atoms with E-state index >= 15 is 0 Å². The van der Waals surface area contributed by atoms with Crippen molar-refractivity contribution in [1.82, 2.24) is 20.2 Å². The number of aromatic nitrogens is 2. The lowest BCUT2D eigenvalue weighted by Crippen LogP contribution is -2.36. The topological polar surface area (TPSA) is 41.1 Å². The maximum Gasteiger partial charge on any atom is 0.119 e. The summed E-state index contributed by atoms with van der Waals surface area (Å²) < 4.78 is 0. The van der Waals surface area contributed by atoms with E-state index < -0.39 is 0 Å². The van der Waals surface area contributed by atoms with Crippen molar-refractivity contribution in [3.05, 3.63) is 18.1 Å². The quantitative estimate of drug-likeness (QED) is 0.820. The van der Waals surface area contributed by atoms with Crippen LogP contribution in [0.4, 0.5) is 0 Å². The zero-order chi connectivity index (χ0) is 12.8. The van der Waals surface area contributed by atoms with Crippen LogP contribution in [0, 0.1) is 5.92 Å². The maximum absolute atomic E-state index is 4.44. The summed E-state index contributed by atoms with van der Waals surface area (Å²) in [5, 5.41) is 4.52. The van der Waals surface area contributed by atoms with Crippen molar-refractivity contribution in [3.8, 4) is 0 Å². The molecule has 5 heteroatoms. The van der Waals surface area contributed by atoms with Crippen molar-refractivity contribution in [3.63, 3.8) is 0 Å². The average molecular weight is 266 g/mol. The molecule has 1 atom stereocenters. The maximum atomic E-state index is 4.44. The van der Waals surface area contributed by atoms with Crippen LogP contribution in [0.2, 0.25) is 0 Å². The number of hydrogen-bond donors (Lipinski definition) is 1. The lowest BCUT2D eigenvalue weighted by molar-refractivity contribution is 0.234. The molecule has 1 saturated heterocycles. The molecule has 4 nitrogen and oxygen atoms in total. The Balaban J connectivity index is 1.87. The van der Waals surface area contributed by atoms with Gasteiger partial charge >= 0.3 is 0 Å². The summed E-state index contributed by atoms with van der Waals surface area (Å²) in [7, 11) is 2.17. The van der Waals surface area contributed by atoms with Gasteiger partial charge in [0.2, 0.25) is 0 Å². The van der Waals surface area contributed by atoms with Crippen LogP contribution in [0.5, 0.6) is 0 Å². The number of thioether (sulfide) groups is 1. The summed E-state index contributed by atoms with van der Waals surface area (Å²) in [5.74, 6) is 0.776. The number of hydrogen-bond acceptors (Lipinski definition) is 5. The molecule has 2 rings (SSSR count). The largest absolute Gasteiger partial charge is 0.316 e. The highest BCUT2D eigenvalue weighted by Gasteiger charge is 2.16. The van der Waals surface area contributed by atoms with Crippen LogP contribution in [-0.4, -0.2) is 47.8 Å². The van der Waals surface area contributed by atoms with Crippen molar-refractivity contribution in [2.45, 2.75) is 24.4 Å². The van der Waals surface area contributed by atoms with Gasteiger partial charge in [-0.1, -0.05) is 0 Å². The van der Waals surface area contributed by atoms with Crippen LogP contribution < -0.4 is 5.32 Å². The first kappa shape index (κ1) is 13.8. The average Bonchev–Trinajstić information content (AvgIpc) is 2.40. The Morgan fingerprint density at radius 2 is 2.28 bits per heavy atom. The second kappa shape index (κ2) is 7.07. The van der Waals surface area contributed by atoms with Gasteiger partial charge in [-0.2, -0.15) is 0 Å². The fraction of sp³-hybridized carbons (Fsp3) is 0.692. The van der Waals surface area contributed by atoms with E-state index in [0.29, 0.717) is 0 Å². The molecule has 1 aliphatic heterocycles. The Labute approximate surface area is 114 Å². The number of nitrogens with one attached hydrogen (secondary N) is 1. The smallest absolute Gasteiger partial charge is 0.119 e. The Hall–Kier alpha value is -0.650. The first-order chi connectivity index (χ1) is 8.79. The van der Waals surface area contributed by atoms with Gasteiger partial charge in [0.25, 0.3) is 0 Å². The van der Waals surface area contributed by atoms with E-state index in [-0.39, 0.29) is 0 Å². The SMILES string of the molecule is CSc1nccnc1CN(C)C[C@@H]1CCCNC1. The molecule has 0 spiro atoms. The molecule has 0 amide bonds. The molecule has 1 aromatic heterocycles. The van der Waals surface area contributed by atoms with E-state index in [1.165, 1.54) is 19.4 Å². The molecule has 1 aliphatic rings. The van der Waals surface area contributed by atoms with Gasteiger partial charge in [0.1, 0.15) is 5.03 Å². The molecule has 1 N–H and O–H groups in total. The molecular weight excluding hydrogens is 244 g/mol. The van der Waals surface area contributed by atoms with Crippen LogP contribution in [0.1, 0.15) is 18.5 Å². The summed E-state index contributed by atoms with van der Waals surface area (Å²) in [5.41, 5.74) is 1.09. The van der Waals surface area contributed by atoms with E-state index in [2.05, 4.69) is 33.5 Å². The van der Waals surface area contributed by atoms with Gasteiger partial charge in [-0.15, -0.1) is 11.8 Å². The van der Waals surface area contributed by atoms with Crippen molar-refractivity contribution in [2.75, 3.05) is 32.9 Å². The normalized spacial score (nSPS) is 20.3. The molecule has 0 unspecified atom stereocenters. The summed E-state index contributed by atoms with van der Waals surface area (Å²) in [4.78, 5) is 11.2. The fourth-order valence-corrected chi connectivity index (χ4v) is 2.99. The van der Waals surface area contributed by atoms with E-state index in [1.54, 1.807) is 24.2 Å². The third kappa shape index (κ3) is 3.93. The van der Waals surface area contributed by atoms with Crippen molar-refractivity contribution < 1.29 is 0 Å². The molecule has 0 radical (unpaired) electrons. The van der Waals surface area contributed by atoms with Crippen LogP contribution >= 0.6 is 11.8 Å². The number of rotatable bonds is 5. The first-order valence-corrected chi connectivity index (χ1v) is 7.75. The molecule has 1 fully saturated rings. The van der Waals surface area contributed by atoms with Crippen molar-refractivity contribution >= 4 is 11.8 Å². The minimum Gasteiger partial charge on any atom is -0.316 e. The Bertz CT molecular complexity index is 366. The molecular formula is C13H22N4S. The van der Waals surface area contributed by atoms with Gasteiger partial charge in [-0.3, -0.25) is 4.98 Å². The zero-order valence-corrected chi connectivity index (χ0v) is 12.0. The second-order valence-corrected chi connectivity index (χ2v) is 5.72. The van der Waals surface area contributed by atoms with Gasteiger partial charge in [0, 0.05) is 25.5 Å². The lowest BCUT2D eigenvalue weighted by Gasteiger charge is -2.27. The van der Waals surface area contributed by atoms with E-state index in [0.717, 1.165) is 36.3 Å². The molecule has 0 bridgehead atoms. The highest BCUT2D eigenvalue weighted by Crippen LogP contribution is 2.17. The molecule has 0 aliphatic carbocycles. The minimum atomic E-state index is 0.776. The molecule has 100 valence electrons. The van der Waals surface area contributed by atoms with Crippen molar-refractivity contribution in [2.24, 2.45) is 5.92 Å². The fourth-order valence-electron chi connectivity index (χ4n) is 2.47. The van der Waals surface area contributed by atoms with Gasteiger partial charge in [-0.25, -0.2) is 4.98 Å². The third-order valence-electron chi connectivity index (χ3n) is 3.32. The van der Waals surface area contributed by atoms with Gasteiger partial charge in [0.05, 0.1) is 5.69 Å². The number of nitrogens with zero attached hydrogens (tertiary/aromatic N) is 3. The Morgan fingerprint density at radius 3 is 3.00 bits per heavy atom. The standard InChI is InChI=1S/C13H22N4S/c1-17(9-11-4-3-5-14-8-11)10-12-13(18-2)16-7-6-15-12/h6-7,11,14H,3-5,8-10H2,1-2H3/t11-/m1/s1. The van der Waals surface area contributed by atoms with Crippen LogP contribution in [0.3, 0.4) is 0 Å².